The summed E-state index contributed by atoms with van der Waals surface area (Å²) in [5.41, 5.74) is 2.17. The van der Waals surface area contributed by atoms with Crippen molar-refractivity contribution in [2.24, 2.45) is 0 Å². The number of rotatable bonds is 9. The molecule has 32 heavy (non-hydrogen) atoms. The summed E-state index contributed by atoms with van der Waals surface area (Å²) in [6.45, 7) is 2.28. The minimum Gasteiger partial charge on any atom is -0.497 e. The molecule has 0 aliphatic heterocycles. The van der Waals surface area contributed by atoms with Crippen LogP contribution in [0.2, 0.25) is 0 Å². The standard InChI is InChI=1S/C25H25NO6/c1-4-31-25(28)17-5-8-20(9-6-17)26-24(27)18-7-14-23(30-3)19(15-18)16-32-22-12-10-21(29-2)11-13-22/h5-15H,4,16H2,1-3H3,(H,26,27). The van der Waals surface area contributed by atoms with Gasteiger partial charge in [-0.3, -0.25) is 4.79 Å². The number of esters is 1. The fourth-order valence-electron chi connectivity index (χ4n) is 2.97. The van der Waals surface area contributed by atoms with Crippen LogP contribution in [0.1, 0.15) is 33.2 Å². The van der Waals surface area contributed by atoms with E-state index in [-0.39, 0.29) is 12.5 Å². The maximum absolute atomic E-state index is 12.7. The van der Waals surface area contributed by atoms with E-state index in [0.717, 1.165) is 11.3 Å². The summed E-state index contributed by atoms with van der Waals surface area (Å²) in [4.78, 5) is 24.5. The van der Waals surface area contributed by atoms with Crippen molar-refractivity contribution in [3.05, 3.63) is 83.4 Å². The van der Waals surface area contributed by atoms with Crippen LogP contribution >= 0.6 is 0 Å². The molecule has 0 spiro atoms. The minimum atomic E-state index is -0.401. The Morgan fingerprint density at radius 2 is 1.47 bits per heavy atom. The van der Waals surface area contributed by atoms with Crippen LogP contribution in [0, 0.1) is 0 Å². The zero-order valence-electron chi connectivity index (χ0n) is 18.2. The van der Waals surface area contributed by atoms with Crippen molar-refractivity contribution in [3.63, 3.8) is 0 Å². The first-order chi connectivity index (χ1) is 15.5. The second-order valence-corrected chi connectivity index (χ2v) is 6.74. The number of hydrogen-bond donors (Lipinski definition) is 1. The molecular weight excluding hydrogens is 410 g/mol. The summed E-state index contributed by atoms with van der Waals surface area (Å²) in [7, 11) is 3.17. The molecule has 3 aromatic carbocycles. The van der Waals surface area contributed by atoms with Gasteiger partial charge in [0.2, 0.25) is 0 Å². The Labute approximate surface area is 186 Å². The van der Waals surface area contributed by atoms with Crippen molar-refractivity contribution in [2.75, 3.05) is 26.1 Å². The second kappa shape index (κ2) is 10.9. The van der Waals surface area contributed by atoms with E-state index in [9.17, 15) is 9.59 Å². The molecule has 0 saturated heterocycles. The molecule has 0 aliphatic rings. The van der Waals surface area contributed by atoms with E-state index in [1.807, 2.05) is 24.3 Å². The van der Waals surface area contributed by atoms with Gasteiger partial charge in [-0.05, 0) is 73.7 Å². The van der Waals surface area contributed by atoms with Gasteiger partial charge in [-0.25, -0.2) is 4.79 Å². The highest BCUT2D eigenvalue weighted by molar-refractivity contribution is 6.04. The number of amides is 1. The van der Waals surface area contributed by atoms with Crippen molar-refractivity contribution in [1.82, 2.24) is 0 Å². The van der Waals surface area contributed by atoms with E-state index in [0.29, 0.717) is 34.9 Å². The van der Waals surface area contributed by atoms with Gasteiger partial charge in [0.15, 0.2) is 0 Å². The third kappa shape index (κ3) is 5.78. The first-order valence-corrected chi connectivity index (χ1v) is 10.1. The molecule has 0 radical (unpaired) electrons. The van der Waals surface area contributed by atoms with Crippen LogP contribution in [-0.2, 0) is 11.3 Å². The van der Waals surface area contributed by atoms with Crippen LogP contribution < -0.4 is 19.5 Å². The fourth-order valence-corrected chi connectivity index (χ4v) is 2.97. The lowest BCUT2D eigenvalue weighted by Crippen LogP contribution is -2.13. The van der Waals surface area contributed by atoms with Gasteiger partial charge in [0.25, 0.3) is 5.91 Å². The number of methoxy groups -OCH3 is 2. The molecule has 0 saturated carbocycles. The van der Waals surface area contributed by atoms with Gasteiger partial charge in [0.1, 0.15) is 23.9 Å². The van der Waals surface area contributed by atoms with Crippen LogP contribution in [0.4, 0.5) is 5.69 Å². The van der Waals surface area contributed by atoms with Crippen molar-refractivity contribution in [2.45, 2.75) is 13.5 Å². The molecule has 0 atom stereocenters. The van der Waals surface area contributed by atoms with Crippen LogP contribution in [-0.4, -0.2) is 32.7 Å². The zero-order valence-corrected chi connectivity index (χ0v) is 18.2. The largest absolute Gasteiger partial charge is 0.497 e. The summed E-state index contributed by atoms with van der Waals surface area (Å²) >= 11 is 0. The van der Waals surface area contributed by atoms with E-state index in [2.05, 4.69) is 5.32 Å². The normalized spacial score (nSPS) is 10.2. The zero-order chi connectivity index (χ0) is 22.9. The molecule has 0 aliphatic carbocycles. The van der Waals surface area contributed by atoms with Gasteiger partial charge in [-0.2, -0.15) is 0 Å². The first kappa shape index (κ1) is 22.7. The Morgan fingerprint density at radius 3 is 2.09 bits per heavy atom. The maximum Gasteiger partial charge on any atom is 0.338 e. The van der Waals surface area contributed by atoms with Gasteiger partial charge >= 0.3 is 5.97 Å². The average molecular weight is 435 g/mol. The maximum atomic E-state index is 12.7. The number of ether oxygens (including phenoxy) is 4. The predicted molar refractivity (Wildman–Crippen MR) is 121 cm³/mol. The Kier molecular flexibility index (Phi) is 7.70. The third-order valence-electron chi connectivity index (χ3n) is 4.65. The SMILES string of the molecule is CCOC(=O)c1ccc(NC(=O)c2ccc(OC)c(COc3ccc(OC)cc3)c2)cc1. The summed E-state index contributed by atoms with van der Waals surface area (Å²) in [5, 5.41) is 2.82. The molecule has 0 heterocycles. The molecule has 1 amide bonds. The van der Waals surface area contributed by atoms with E-state index >= 15 is 0 Å². The Hall–Kier alpha value is -4.00. The number of anilines is 1. The van der Waals surface area contributed by atoms with E-state index in [1.54, 1.807) is 63.6 Å². The lowest BCUT2D eigenvalue weighted by atomic mass is 10.1. The van der Waals surface area contributed by atoms with Gasteiger partial charge in [0.05, 0.1) is 26.4 Å². The van der Waals surface area contributed by atoms with Crippen LogP contribution in [0.25, 0.3) is 0 Å². The highest BCUT2D eigenvalue weighted by atomic mass is 16.5. The van der Waals surface area contributed by atoms with Crippen LogP contribution in [0.3, 0.4) is 0 Å². The number of hydrogen-bond acceptors (Lipinski definition) is 6. The first-order valence-electron chi connectivity index (χ1n) is 10.1. The lowest BCUT2D eigenvalue weighted by Gasteiger charge is -2.13. The summed E-state index contributed by atoms with van der Waals surface area (Å²) in [5.74, 6) is 1.34. The predicted octanol–water partition coefficient (Wildman–Crippen LogP) is 4.71. The van der Waals surface area contributed by atoms with Crippen molar-refractivity contribution >= 4 is 17.6 Å². The quantitative estimate of drug-likeness (QED) is 0.490. The molecule has 7 nitrogen and oxygen atoms in total. The summed E-state index contributed by atoms with van der Waals surface area (Å²) < 4.78 is 21.3. The van der Waals surface area contributed by atoms with E-state index in [4.69, 9.17) is 18.9 Å². The van der Waals surface area contributed by atoms with Crippen LogP contribution in [0.15, 0.2) is 66.7 Å². The Balaban J connectivity index is 1.69. The van der Waals surface area contributed by atoms with Crippen molar-refractivity contribution in [1.29, 1.82) is 0 Å². The van der Waals surface area contributed by atoms with E-state index in [1.165, 1.54) is 0 Å². The highest BCUT2D eigenvalue weighted by Crippen LogP contribution is 2.24. The smallest absolute Gasteiger partial charge is 0.338 e. The monoisotopic (exact) mass is 435 g/mol. The molecule has 3 aromatic rings. The van der Waals surface area contributed by atoms with Gasteiger partial charge < -0.3 is 24.3 Å². The third-order valence-corrected chi connectivity index (χ3v) is 4.65. The summed E-state index contributed by atoms with van der Waals surface area (Å²) in [6, 6.07) is 18.9. The Morgan fingerprint density at radius 1 is 0.812 bits per heavy atom. The lowest BCUT2D eigenvalue weighted by molar-refractivity contribution is 0.0526. The van der Waals surface area contributed by atoms with E-state index < -0.39 is 5.97 Å². The Bertz CT molecular complexity index is 1060. The van der Waals surface area contributed by atoms with Gasteiger partial charge in [0, 0.05) is 16.8 Å². The molecule has 0 unspecified atom stereocenters. The molecule has 0 fully saturated rings. The molecule has 7 heteroatoms. The van der Waals surface area contributed by atoms with Crippen LogP contribution in [0.5, 0.6) is 17.2 Å². The number of nitrogens with one attached hydrogen (secondary N) is 1. The summed E-state index contributed by atoms with van der Waals surface area (Å²) in [6.07, 6.45) is 0. The molecular formula is C25H25NO6. The molecule has 166 valence electrons. The topological polar surface area (TPSA) is 83.1 Å². The highest BCUT2D eigenvalue weighted by Gasteiger charge is 2.12. The van der Waals surface area contributed by atoms with Crippen molar-refractivity contribution in [3.8, 4) is 17.2 Å². The number of carbonyl (C=O) groups excluding carboxylic acids is 2. The molecule has 3 rings (SSSR count). The van der Waals surface area contributed by atoms with Gasteiger partial charge in [-0.15, -0.1) is 0 Å². The number of carbonyl (C=O) groups is 2. The fraction of sp³-hybridized carbons (Fsp3) is 0.200. The molecule has 0 bridgehead atoms. The minimum absolute atomic E-state index is 0.227. The second-order valence-electron chi connectivity index (χ2n) is 6.74. The van der Waals surface area contributed by atoms with Crippen molar-refractivity contribution < 1.29 is 28.5 Å². The average Bonchev–Trinajstić information content (AvgIpc) is 2.83. The molecule has 1 N–H and O–H groups in total. The number of benzene rings is 3. The molecule has 0 aromatic heterocycles. The van der Waals surface area contributed by atoms with Gasteiger partial charge in [-0.1, -0.05) is 0 Å².